The summed E-state index contributed by atoms with van der Waals surface area (Å²) < 4.78 is 14.0. The highest BCUT2D eigenvalue weighted by atomic mass is 32.1. The minimum Gasteiger partial charge on any atom is -0.389 e. The van der Waals surface area contributed by atoms with Crippen LogP contribution in [0.3, 0.4) is 0 Å². The van der Waals surface area contributed by atoms with Gasteiger partial charge in [0.25, 0.3) is 0 Å². The Balaban J connectivity index is 2.17. The molecule has 0 aromatic heterocycles. The summed E-state index contributed by atoms with van der Waals surface area (Å²) in [6.45, 7) is 4.48. The monoisotopic (exact) mass is 280 g/mol. The third kappa shape index (κ3) is 3.24. The second-order valence-corrected chi connectivity index (χ2v) is 6.43. The molecule has 0 radical (unpaired) electrons. The molecular formula is C15H21FN2S. The molecule has 104 valence electrons. The Morgan fingerprint density at radius 1 is 1.42 bits per heavy atom. The lowest BCUT2D eigenvalue weighted by Crippen LogP contribution is -2.39. The van der Waals surface area contributed by atoms with Crippen molar-refractivity contribution in [2.45, 2.75) is 45.6 Å². The van der Waals surface area contributed by atoms with Crippen molar-refractivity contribution in [2.75, 3.05) is 5.32 Å². The summed E-state index contributed by atoms with van der Waals surface area (Å²) in [5, 5.41) is 3.35. The average Bonchev–Trinajstić information content (AvgIpc) is 2.33. The lowest BCUT2D eigenvalue weighted by molar-refractivity contribution is 0.216. The Labute approximate surface area is 119 Å². The van der Waals surface area contributed by atoms with E-state index in [-0.39, 0.29) is 16.2 Å². The Kier molecular flexibility index (Phi) is 4.09. The molecule has 0 bridgehead atoms. The molecule has 19 heavy (non-hydrogen) atoms. The van der Waals surface area contributed by atoms with Gasteiger partial charge in [0, 0.05) is 11.6 Å². The first-order valence-corrected chi connectivity index (χ1v) is 7.17. The largest absolute Gasteiger partial charge is 0.389 e. The Morgan fingerprint density at radius 2 is 2.16 bits per heavy atom. The van der Waals surface area contributed by atoms with Gasteiger partial charge < -0.3 is 11.1 Å². The van der Waals surface area contributed by atoms with E-state index >= 15 is 0 Å². The van der Waals surface area contributed by atoms with Gasteiger partial charge in [0.05, 0.1) is 5.69 Å². The van der Waals surface area contributed by atoms with Gasteiger partial charge in [-0.15, -0.1) is 0 Å². The SMILES string of the molecule is CC1(C)CCCCC1Nc1ccc(C(N)=S)cc1F. The smallest absolute Gasteiger partial charge is 0.146 e. The molecule has 1 aliphatic carbocycles. The molecule has 1 unspecified atom stereocenters. The van der Waals surface area contributed by atoms with E-state index in [4.69, 9.17) is 18.0 Å². The van der Waals surface area contributed by atoms with Gasteiger partial charge in [-0.05, 0) is 36.5 Å². The minimum atomic E-state index is -0.285. The topological polar surface area (TPSA) is 38.0 Å². The van der Waals surface area contributed by atoms with E-state index in [1.807, 2.05) is 0 Å². The number of hydrogen-bond acceptors (Lipinski definition) is 2. The zero-order valence-corrected chi connectivity index (χ0v) is 12.3. The molecule has 1 atom stereocenters. The fourth-order valence-corrected chi connectivity index (χ4v) is 2.86. The van der Waals surface area contributed by atoms with Crippen molar-refractivity contribution < 1.29 is 4.39 Å². The number of thiocarbonyl (C=S) groups is 1. The summed E-state index contributed by atoms with van der Waals surface area (Å²) in [6, 6.07) is 5.21. The van der Waals surface area contributed by atoms with Crippen LogP contribution >= 0.6 is 12.2 Å². The van der Waals surface area contributed by atoms with Gasteiger partial charge in [-0.2, -0.15) is 0 Å². The lowest BCUT2D eigenvalue weighted by atomic mass is 9.73. The molecule has 1 aromatic rings. The van der Waals surface area contributed by atoms with E-state index in [9.17, 15) is 4.39 Å². The number of nitrogens with two attached hydrogens (primary N) is 1. The summed E-state index contributed by atoms with van der Waals surface area (Å²) in [6.07, 6.45) is 4.72. The first-order valence-electron chi connectivity index (χ1n) is 6.76. The first kappa shape index (κ1) is 14.3. The number of anilines is 1. The highest BCUT2D eigenvalue weighted by molar-refractivity contribution is 7.80. The normalized spacial score (nSPS) is 21.9. The maximum Gasteiger partial charge on any atom is 0.146 e. The van der Waals surface area contributed by atoms with Crippen LogP contribution in [-0.4, -0.2) is 11.0 Å². The zero-order chi connectivity index (χ0) is 14.0. The Bertz CT molecular complexity index is 485. The van der Waals surface area contributed by atoms with Gasteiger partial charge in [-0.1, -0.05) is 38.9 Å². The lowest BCUT2D eigenvalue weighted by Gasteiger charge is -2.39. The standard InChI is InChI=1S/C15H21FN2S/c1-15(2)8-4-3-5-13(15)18-12-7-6-10(14(17)19)9-11(12)16/h6-7,9,13,18H,3-5,8H2,1-2H3,(H2,17,19). The van der Waals surface area contributed by atoms with Gasteiger partial charge in [-0.3, -0.25) is 0 Å². The van der Waals surface area contributed by atoms with Crippen LogP contribution in [0, 0.1) is 11.2 Å². The van der Waals surface area contributed by atoms with Crippen LogP contribution in [-0.2, 0) is 0 Å². The van der Waals surface area contributed by atoms with Gasteiger partial charge >= 0.3 is 0 Å². The summed E-state index contributed by atoms with van der Waals surface area (Å²) in [4.78, 5) is 0.225. The maximum atomic E-state index is 14.0. The molecule has 0 saturated heterocycles. The van der Waals surface area contributed by atoms with Crippen molar-refractivity contribution in [1.29, 1.82) is 0 Å². The number of rotatable bonds is 3. The molecule has 0 amide bonds. The highest BCUT2D eigenvalue weighted by Crippen LogP contribution is 2.37. The van der Waals surface area contributed by atoms with Gasteiger partial charge in [0.2, 0.25) is 0 Å². The van der Waals surface area contributed by atoms with Gasteiger partial charge in [0.1, 0.15) is 10.8 Å². The van der Waals surface area contributed by atoms with Crippen molar-refractivity contribution >= 4 is 22.9 Å². The van der Waals surface area contributed by atoms with Gasteiger partial charge in [0.15, 0.2) is 0 Å². The van der Waals surface area contributed by atoms with E-state index < -0.39 is 0 Å². The number of halogens is 1. The average molecular weight is 280 g/mol. The second-order valence-electron chi connectivity index (χ2n) is 5.99. The summed E-state index contributed by atoms with van der Waals surface area (Å²) in [5.74, 6) is -0.285. The summed E-state index contributed by atoms with van der Waals surface area (Å²) in [7, 11) is 0. The second kappa shape index (κ2) is 5.45. The number of hydrogen-bond donors (Lipinski definition) is 2. The first-order chi connectivity index (χ1) is 8.90. The molecule has 0 heterocycles. The fourth-order valence-electron chi connectivity index (χ4n) is 2.73. The van der Waals surface area contributed by atoms with Crippen molar-refractivity contribution in [2.24, 2.45) is 11.1 Å². The van der Waals surface area contributed by atoms with E-state index in [1.54, 1.807) is 12.1 Å². The van der Waals surface area contributed by atoms with Crippen LogP contribution in [0.25, 0.3) is 0 Å². The van der Waals surface area contributed by atoms with Crippen molar-refractivity contribution in [3.8, 4) is 0 Å². The van der Waals surface area contributed by atoms with Crippen LogP contribution in [0.1, 0.15) is 45.1 Å². The molecule has 0 aliphatic heterocycles. The van der Waals surface area contributed by atoms with Crippen LogP contribution in [0.5, 0.6) is 0 Å². The molecule has 1 saturated carbocycles. The van der Waals surface area contributed by atoms with Crippen molar-refractivity contribution in [3.05, 3.63) is 29.6 Å². The molecule has 1 aliphatic rings. The maximum absolute atomic E-state index is 14.0. The van der Waals surface area contributed by atoms with E-state index in [2.05, 4.69) is 19.2 Å². The third-order valence-corrected chi connectivity index (χ3v) is 4.33. The van der Waals surface area contributed by atoms with E-state index in [1.165, 1.54) is 25.3 Å². The van der Waals surface area contributed by atoms with Crippen LogP contribution in [0.4, 0.5) is 10.1 Å². The van der Waals surface area contributed by atoms with Crippen molar-refractivity contribution in [3.63, 3.8) is 0 Å². The van der Waals surface area contributed by atoms with Crippen LogP contribution in [0.2, 0.25) is 0 Å². The molecule has 2 rings (SSSR count). The minimum absolute atomic E-state index is 0.201. The molecule has 4 heteroatoms. The zero-order valence-electron chi connectivity index (χ0n) is 11.5. The van der Waals surface area contributed by atoms with E-state index in [0.717, 1.165) is 6.42 Å². The Hall–Kier alpha value is -1.16. The molecular weight excluding hydrogens is 259 g/mol. The highest BCUT2D eigenvalue weighted by Gasteiger charge is 2.32. The van der Waals surface area contributed by atoms with Crippen LogP contribution in [0.15, 0.2) is 18.2 Å². The van der Waals surface area contributed by atoms with Gasteiger partial charge in [-0.25, -0.2) is 4.39 Å². The number of benzene rings is 1. The molecule has 1 fully saturated rings. The fraction of sp³-hybridized carbons (Fsp3) is 0.533. The van der Waals surface area contributed by atoms with Crippen molar-refractivity contribution in [1.82, 2.24) is 0 Å². The summed E-state index contributed by atoms with van der Waals surface area (Å²) in [5.41, 5.74) is 6.82. The van der Waals surface area contributed by atoms with E-state index in [0.29, 0.717) is 17.3 Å². The predicted molar refractivity (Wildman–Crippen MR) is 81.9 cm³/mol. The molecule has 2 nitrogen and oxygen atoms in total. The summed E-state index contributed by atoms with van der Waals surface area (Å²) >= 11 is 4.85. The third-order valence-electron chi connectivity index (χ3n) is 4.09. The predicted octanol–water partition coefficient (Wildman–Crippen LogP) is 3.84. The molecule has 0 spiro atoms. The molecule has 1 aromatic carbocycles. The number of nitrogens with one attached hydrogen (secondary N) is 1. The Morgan fingerprint density at radius 3 is 2.74 bits per heavy atom. The quantitative estimate of drug-likeness (QED) is 0.826. The van der Waals surface area contributed by atoms with Crippen LogP contribution < -0.4 is 11.1 Å². The molecule has 3 N–H and O–H groups in total.